The van der Waals surface area contributed by atoms with Gasteiger partial charge in [-0.1, -0.05) is 48.5 Å². The number of nitrogens with one attached hydrogen (secondary N) is 1. The first-order chi connectivity index (χ1) is 12.3. The topological polar surface area (TPSA) is 27.7 Å². The number of nitrogens with zero attached hydrogens (tertiary/aromatic N) is 2. The molecule has 1 fully saturated rings. The Labute approximate surface area is 148 Å². The first-order valence-electron chi connectivity index (χ1n) is 9.05. The van der Waals surface area contributed by atoms with Gasteiger partial charge in [0.2, 0.25) is 0 Å². The number of hydrogen-bond acceptors (Lipinski definition) is 4. The van der Waals surface area contributed by atoms with Crippen molar-refractivity contribution in [2.45, 2.75) is 24.6 Å². The molecule has 4 nitrogen and oxygen atoms in total. The number of ether oxygens (including phenoxy) is 1. The van der Waals surface area contributed by atoms with E-state index in [4.69, 9.17) is 4.74 Å². The molecule has 1 N–H and O–H groups in total. The Balaban J connectivity index is 1.58. The Morgan fingerprint density at radius 3 is 2.52 bits per heavy atom. The zero-order valence-corrected chi connectivity index (χ0v) is 14.5. The van der Waals surface area contributed by atoms with E-state index in [0.717, 1.165) is 31.7 Å². The van der Waals surface area contributed by atoms with Crippen LogP contribution in [0, 0.1) is 0 Å². The zero-order valence-electron chi connectivity index (χ0n) is 14.5. The van der Waals surface area contributed by atoms with Gasteiger partial charge in [-0.2, -0.15) is 5.01 Å². The molecule has 0 bridgehead atoms. The molecule has 1 spiro atoms. The van der Waals surface area contributed by atoms with Gasteiger partial charge in [-0.25, -0.2) is 0 Å². The lowest BCUT2D eigenvalue weighted by molar-refractivity contribution is -0.157. The largest absolute Gasteiger partial charge is 0.470 e. The minimum absolute atomic E-state index is 0.212. The van der Waals surface area contributed by atoms with Crippen LogP contribution in [-0.4, -0.2) is 35.8 Å². The molecule has 1 saturated heterocycles. The second-order valence-corrected chi connectivity index (χ2v) is 7.26. The maximum Gasteiger partial charge on any atom is 0.182 e. The van der Waals surface area contributed by atoms with Gasteiger partial charge in [-0.3, -0.25) is 0 Å². The summed E-state index contributed by atoms with van der Waals surface area (Å²) in [5.74, 6) is 1.03. The minimum Gasteiger partial charge on any atom is -0.470 e. The number of rotatable bonds is 1. The Kier molecular flexibility index (Phi) is 3.37. The van der Waals surface area contributed by atoms with E-state index in [9.17, 15) is 0 Å². The minimum atomic E-state index is -0.279. The van der Waals surface area contributed by atoms with Crippen LogP contribution in [0.2, 0.25) is 0 Å². The summed E-state index contributed by atoms with van der Waals surface area (Å²) in [6, 6.07) is 19.2. The van der Waals surface area contributed by atoms with E-state index in [0.29, 0.717) is 0 Å². The Morgan fingerprint density at radius 2 is 1.72 bits per heavy atom. The van der Waals surface area contributed by atoms with E-state index in [1.54, 1.807) is 0 Å². The lowest BCUT2D eigenvalue weighted by Crippen LogP contribution is -2.63. The summed E-state index contributed by atoms with van der Waals surface area (Å²) in [4.78, 5) is 2.38. The van der Waals surface area contributed by atoms with Crippen molar-refractivity contribution in [1.82, 2.24) is 15.3 Å². The summed E-state index contributed by atoms with van der Waals surface area (Å²) in [5.41, 5.74) is 7.03. The molecule has 128 valence electrons. The molecular formula is C21H23N3O. The molecule has 1 atom stereocenters. The molecule has 3 aliphatic heterocycles. The lowest BCUT2D eigenvalue weighted by atomic mass is 9.93. The van der Waals surface area contributed by atoms with E-state index in [1.807, 2.05) is 0 Å². The SMILES string of the molecule is CN1CCC2(CC1)Oc1ccccc1C1C=C(c3ccccc3)NN12. The van der Waals surface area contributed by atoms with Crippen molar-refractivity contribution in [2.24, 2.45) is 0 Å². The first-order valence-corrected chi connectivity index (χ1v) is 9.05. The Hall–Kier alpha value is -2.30. The molecule has 1 unspecified atom stereocenters. The van der Waals surface area contributed by atoms with Gasteiger partial charge >= 0.3 is 0 Å². The van der Waals surface area contributed by atoms with Gasteiger partial charge in [-0.15, -0.1) is 0 Å². The molecule has 2 aromatic rings. The first kappa shape index (κ1) is 15.0. The molecular weight excluding hydrogens is 310 g/mol. The molecule has 4 heteroatoms. The number of hydrogen-bond donors (Lipinski definition) is 1. The highest BCUT2D eigenvalue weighted by Gasteiger charge is 2.51. The number of piperidine rings is 1. The van der Waals surface area contributed by atoms with Crippen LogP contribution in [0.15, 0.2) is 60.7 Å². The van der Waals surface area contributed by atoms with Gasteiger partial charge in [0, 0.05) is 31.5 Å². The fourth-order valence-electron chi connectivity index (χ4n) is 4.21. The van der Waals surface area contributed by atoms with Gasteiger partial charge in [0.25, 0.3) is 0 Å². The van der Waals surface area contributed by atoms with Gasteiger partial charge in [0.15, 0.2) is 5.72 Å². The van der Waals surface area contributed by atoms with Crippen LogP contribution >= 0.6 is 0 Å². The molecule has 0 aromatic heterocycles. The van der Waals surface area contributed by atoms with Crippen molar-refractivity contribution in [2.75, 3.05) is 20.1 Å². The highest BCUT2D eigenvalue weighted by Crippen LogP contribution is 2.48. The normalized spacial score (nSPS) is 24.8. The van der Waals surface area contributed by atoms with E-state index >= 15 is 0 Å². The van der Waals surface area contributed by atoms with E-state index in [1.165, 1.54) is 16.8 Å². The number of fused-ring (bicyclic) bond motifs is 4. The second-order valence-electron chi connectivity index (χ2n) is 7.26. The molecule has 5 rings (SSSR count). The number of benzene rings is 2. The third kappa shape index (κ3) is 2.36. The van der Waals surface area contributed by atoms with Gasteiger partial charge in [0.1, 0.15) is 5.75 Å². The van der Waals surface area contributed by atoms with Crippen molar-refractivity contribution in [3.05, 3.63) is 71.8 Å². The number of para-hydroxylation sites is 1. The Morgan fingerprint density at radius 1 is 1.00 bits per heavy atom. The summed E-state index contributed by atoms with van der Waals surface area (Å²) in [7, 11) is 2.19. The molecule has 3 aliphatic rings. The average molecular weight is 333 g/mol. The van der Waals surface area contributed by atoms with Crippen molar-refractivity contribution in [3.63, 3.8) is 0 Å². The summed E-state index contributed by atoms with van der Waals surface area (Å²) in [6.45, 7) is 2.10. The fourth-order valence-corrected chi connectivity index (χ4v) is 4.21. The van der Waals surface area contributed by atoms with Crippen LogP contribution in [0.3, 0.4) is 0 Å². The molecule has 0 radical (unpaired) electrons. The maximum absolute atomic E-state index is 6.61. The molecule has 3 heterocycles. The highest BCUT2D eigenvalue weighted by atomic mass is 16.5. The third-order valence-corrected chi connectivity index (χ3v) is 5.67. The zero-order chi connectivity index (χ0) is 16.9. The van der Waals surface area contributed by atoms with Crippen LogP contribution in [-0.2, 0) is 0 Å². The molecule has 0 aliphatic carbocycles. The number of hydrazine groups is 1. The average Bonchev–Trinajstić information content (AvgIpc) is 3.12. The smallest absolute Gasteiger partial charge is 0.182 e. The summed E-state index contributed by atoms with van der Waals surface area (Å²) in [6.07, 6.45) is 4.34. The predicted octanol–water partition coefficient (Wildman–Crippen LogP) is 3.40. The van der Waals surface area contributed by atoms with E-state index < -0.39 is 0 Å². The highest BCUT2D eigenvalue weighted by molar-refractivity contribution is 5.67. The monoisotopic (exact) mass is 333 g/mol. The standard InChI is InChI=1S/C21H23N3O/c1-23-13-11-21(12-14-23)24-19(17-9-5-6-10-20(17)25-21)15-18(22-24)16-7-3-2-4-8-16/h2-10,15,19,22H,11-14H2,1H3. The van der Waals surface area contributed by atoms with Crippen molar-refractivity contribution in [1.29, 1.82) is 0 Å². The van der Waals surface area contributed by atoms with Crippen LogP contribution in [0.4, 0.5) is 0 Å². The van der Waals surface area contributed by atoms with Crippen molar-refractivity contribution < 1.29 is 4.74 Å². The van der Waals surface area contributed by atoms with Crippen LogP contribution in [0.25, 0.3) is 5.70 Å². The fraction of sp³-hybridized carbons (Fsp3) is 0.333. The lowest BCUT2D eigenvalue weighted by Gasteiger charge is -2.51. The van der Waals surface area contributed by atoms with Crippen molar-refractivity contribution >= 4 is 5.70 Å². The molecule has 0 amide bonds. The summed E-state index contributed by atoms with van der Waals surface area (Å²) < 4.78 is 6.61. The van der Waals surface area contributed by atoms with Crippen LogP contribution < -0.4 is 10.2 Å². The second kappa shape index (κ2) is 5.61. The quantitative estimate of drug-likeness (QED) is 0.866. The third-order valence-electron chi connectivity index (χ3n) is 5.67. The Bertz CT molecular complexity index is 809. The maximum atomic E-state index is 6.61. The summed E-state index contributed by atoms with van der Waals surface area (Å²) in [5, 5.41) is 2.35. The van der Waals surface area contributed by atoms with Gasteiger partial charge in [-0.05, 0) is 24.8 Å². The predicted molar refractivity (Wildman–Crippen MR) is 98.7 cm³/mol. The van der Waals surface area contributed by atoms with Crippen molar-refractivity contribution in [3.8, 4) is 5.75 Å². The molecule has 0 saturated carbocycles. The molecule has 25 heavy (non-hydrogen) atoms. The van der Waals surface area contributed by atoms with E-state index in [2.05, 4.69) is 83.1 Å². The van der Waals surface area contributed by atoms with E-state index in [-0.39, 0.29) is 11.8 Å². The van der Waals surface area contributed by atoms with Crippen LogP contribution in [0.5, 0.6) is 5.75 Å². The summed E-state index contributed by atoms with van der Waals surface area (Å²) >= 11 is 0. The van der Waals surface area contributed by atoms with Crippen LogP contribution in [0.1, 0.15) is 30.0 Å². The number of likely N-dealkylation sites (tertiary alicyclic amines) is 1. The molecule has 2 aromatic carbocycles. The van der Waals surface area contributed by atoms with Gasteiger partial charge < -0.3 is 15.1 Å². The van der Waals surface area contributed by atoms with Gasteiger partial charge in [0.05, 0.1) is 11.7 Å².